The molecule has 0 aliphatic rings. The summed E-state index contributed by atoms with van der Waals surface area (Å²) in [5.41, 5.74) is 0.609. The van der Waals surface area contributed by atoms with Crippen LogP contribution in [0, 0.1) is 6.92 Å². The number of amides is 1. The highest BCUT2D eigenvalue weighted by Crippen LogP contribution is 2.15. The van der Waals surface area contributed by atoms with E-state index in [1.54, 1.807) is 0 Å². The van der Waals surface area contributed by atoms with Gasteiger partial charge in [-0.3, -0.25) is 9.59 Å². The molecule has 0 spiro atoms. The van der Waals surface area contributed by atoms with Crippen molar-refractivity contribution in [1.29, 1.82) is 0 Å². The molecule has 5 nitrogen and oxygen atoms in total. The largest absolute Gasteiger partial charge is 0.493 e. The molecule has 0 bridgehead atoms. The van der Waals surface area contributed by atoms with Crippen molar-refractivity contribution in [1.82, 2.24) is 4.90 Å². The van der Waals surface area contributed by atoms with Crippen LogP contribution in [-0.2, 0) is 9.59 Å². The lowest BCUT2D eigenvalue weighted by molar-refractivity contribution is -0.148. The summed E-state index contributed by atoms with van der Waals surface area (Å²) < 4.78 is 5.50. The quantitative estimate of drug-likeness (QED) is 0.875. The fourth-order valence-electron chi connectivity index (χ4n) is 1.86. The Hall–Kier alpha value is -2.04. The van der Waals surface area contributed by atoms with E-state index in [-0.39, 0.29) is 25.5 Å². The van der Waals surface area contributed by atoms with Crippen LogP contribution in [-0.4, -0.2) is 40.6 Å². The monoisotopic (exact) mass is 293 g/mol. The molecule has 0 radical (unpaired) electrons. The second-order valence-corrected chi connectivity index (χ2v) is 5.96. The maximum absolute atomic E-state index is 12.2. The van der Waals surface area contributed by atoms with Gasteiger partial charge in [0.1, 0.15) is 12.3 Å². The van der Waals surface area contributed by atoms with Crippen LogP contribution in [0.2, 0.25) is 0 Å². The molecule has 116 valence electrons. The molecular weight excluding hydrogens is 270 g/mol. The van der Waals surface area contributed by atoms with E-state index < -0.39 is 11.5 Å². The van der Waals surface area contributed by atoms with E-state index in [0.717, 1.165) is 5.56 Å². The Morgan fingerprint density at radius 1 is 1.19 bits per heavy atom. The Morgan fingerprint density at radius 2 is 1.76 bits per heavy atom. The van der Waals surface area contributed by atoms with Gasteiger partial charge in [-0.05, 0) is 39.8 Å². The van der Waals surface area contributed by atoms with E-state index >= 15 is 0 Å². The molecule has 1 aromatic carbocycles. The lowest BCUT2D eigenvalue weighted by Gasteiger charge is -2.34. The summed E-state index contributed by atoms with van der Waals surface area (Å²) in [5.74, 6) is -0.538. The van der Waals surface area contributed by atoms with E-state index in [2.05, 4.69) is 0 Å². The smallest absolute Gasteiger partial charge is 0.323 e. The SMILES string of the molecule is Cc1ccc(OCCC(=O)N(CC(=O)O)C(C)(C)C)cc1. The van der Waals surface area contributed by atoms with Gasteiger partial charge in [0.25, 0.3) is 0 Å². The Balaban J connectivity index is 2.54. The number of carbonyl (C=O) groups excluding carboxylic acids is 1. The van der Waals surface area contributed by atoms with Crippen LogP contribution in [0.3, 0.4) is 0 Å². The van der Waals surface area contributed by atoms with Crippen LogP contribution in [0.4, 0.5) is 0 Å². The predicted octanol–water partition coefficient (Wildman–Crippen LogP) is 2.48. The molecule has 0 fully saturated rings. The van der Waals surface area contributed by atoms with E-state index in [9.17, 15) is 9.59 Å². The summed E-state index contributed by atoms with van der Waals surface area (Å²) in [6, 6.07) is 7.56. The van der Waals surface area contributed by atoms with Crippen molar-refractivity contribution in [3.8, 4) is 5.75 Å². The molecule has 0 saturated heterocycles. The van der Waals surface area contributed by atoms with Crippen LogP contribution in [0.1, 0.15) is 32.8 Å². The number of ether oxygens (including phenoxy) is 1. The standard InChI is InChI=1S/C16H23NO4/c1-12-5-7-13(8-6-12)21-10-9-14(18)17(11-15(19)20)16(2,3)4/h5-8H,9-11H2,1-4H3,(H,19,20). The molecule has 1 rings (SSSR count). The minimum atomic E-state index is -1.02. The summed E-state index contributed by atoms with van der Waals surface area (Å²) in [5, 5.41) is 8.90. The van der Waals surface area contributed by atoms with E-state index in [4.69, 9.17) is 9.84 Å². The highest BCUT2D eigenvalue weighted by Gasteiger charge is 2.27. The first kappa shape index (κ1) is 17.0. The summed E-state index contributed by atoms with van der Waals surface area (Å²) in [7, 11) is 0. The van der Waals surface area contributed by atoms with Gasteiger partial charge in [-0.2, -0.15) is 0 Å². The van der Waals surface area contributed by atoms with Crippen LogP contribution in [0.5, 0.6) is 5.75 Å². The lowest BCUT2D eigenvalue weighted by Crippen LogP contribution is -2.48. The van der Waals surface area contributed by atoms with E-state index in [1.807, 2.05) is 52.0 Å². The number of nitrogens with zero attached hydrogens (tertiary/aromatic N) is 1. The number of hydrogen-bond donors (Lipinski definition) is 1. The van der Waals surface area contributed by atoms with Crippen molar-refractivity contribution in [2.45, 2.75) is 39.7 Å². The Kier molecular flexibility index (Phi) is 5.76. The van der Waals surface area contributed by atoms with Crippen molar-refractivity contribution in [3.05, 3.63) is 29.8 Å². The average molecular weight is 293 g/mol. The van der Waals surface area contributed by atoms with Gasteiger partial charge in [0.2, 0.25) is 5.91 Å². The van der Waals surface area contributed by atoms with Crippen molar-refractivity contribution in [3.63, 3.8) is 0 Å². The zero-order chi connectivity index (χ0) is 16.0. The van der Waals surface area contributed by atoms with Gasteiger partial charge in [-0.1, -0.05) is 17.7 Å². The number of rotatable bonds is 6. The number of carboxylic acid groups (broad SMARTS) is 1. The molecule has 1 amide bonds. The molecule has 0 aliphatic carbocycles. The molecule has 0 saturated carbocycles. The zero-order valence-corrected chi connectivity index (χ0v) is 13.0. The predicted molar refractivity (Wildman–Crippen MR) is 80.4 cm³/mol. The van der Waals surface area contributed by atoms with Crippen LogP contribution in [0.15, 0.2) is 24.3 Å². The third-order valence-corrected chi connectivity index (χ3v) is 3.01. The first-order valence-corrected chi connectivity index (χ1v) is 6.92. The van der Waals surface area contributed by atoms with Gasteiger partial charge in [-0.15, -0.1) is 0 Å². The maximum atomic E-state index is 12.2. The van der Waals surface area contributed by atoms with Gasteiger partial charge in [-0.25, -0.2) is 0 Å². The van der Waals surface area contributed by atoms with Crippen molar-refractivity contribution < 1.29 is 19.4 Å². The molecular formula is C16H23NO4. The minimum absolute atomic E-state index is 0.151. The fourth-order valence-corrected chi connectivity index (χ4v) is 1.86. The first-order valence-electron chi connectivity index (χ1n) is 6.92. The number of aryl methyl sites for hydroxylation is 1. The highest BCUT2D eigenvalue weighted by atomic mass is 16.5. The summed E-state index contributed by atoms with van der Waals surface area (Å²) in [6.07, 6.45) is 0.151. The minimum Gasteiger partial charge on any atom is -0.493 e. The number of benzene rings is 1. The molecule has 21 heavy (non-hydrogen) atoms. The summed E-state index contributed by atoms with van der Waals surface area (Å²) >= 11 is 0. The molecule has 1 aromatic rings. The third-order valence-electron chi connectivity index (χ3n) is 3.01. The highest BCUT2D eigenvalue weighted by molar-refractivity contribution is 5.82. The third kappa shape index (κ3) is 5.85. The van der Waals surface area contributed by atoms with Gasteiger partial charge in [0.15, 0.2) is 0 Å². The van der Waals surface area contributed by atoms with Crippen LogP contribution in [0.25, 0.3) is 0 Å². The fraction of sp³-hybridized carbons (Fsp3) is 0.500. The number of carboxylic acids is 1. The van der Waals surface area contributed by atoms with Crippen LogP contribution < -0.4 is 4.74 Å². The van der Waals surface area contributed by atoms with E-state index in [0.29, 0.717) is 5.75 Å². The molecule has 5 heteroatoms. The second-order valence-electron chi connectivity index (χ2n) is 5.96. The Bertz CT molecular complexity index is 488. The van der Waals surface area contributed by atoms with Gasteiger partial charge in [0.05, 0.1) is 13.0 Å². The normalized spacial score (nSPS) is 11.0. The zero-order valence-electron chi connectivity index (χ0n) is 13.0. The maximum Gasteiger partial charge on any atom is 0.323 e. The van der Waals surface area contributed by atoms with Gasteiger partial charge >= 0.3 is 5.97 Å². The second kappa shape index (κ2) is 7.11. The Morgan fingerprint density at radius 3 is 2.24 bits per heavy atom. The van der Waals surface area contributed by atoms with Crippen molar-refractivity contribution >= 4 is 11.9 Å². The van der Waals surface area contributed by atoms with Crippen molar-refractivity contribution in [2.75, 3.05) is 13.2 Å². The number of aliphatic carboxylic acids is 1. The lowest BCUT2D eigenvalue weighted by atomic mass is 10.1. The van der Waals surface area contributed by atoms with Crippen LogP contribution >= 0.6 is 0 Å². The number of carbonyl (C=O) groups is 2. The molecule has 0 aliphatic heterocycles. The number of hydrogen-bond acceptors (Lipinski definition) is 3. The molecule has 0 atom stereocenters. The van der Waals surface area contributed by atoms with E-state index in [1.165, 1.54) is 4.90 Å². The molecule has 1 N–H and O–H groups in total. The topological polar surface area (TPSA) is 66.8 Å². The van der Waals surface area contributed by atoms with Gasteiger partial charge in [0, 0.05) is 5.54 Å². The molecule has 0 aromatic heterocycles. The molecule has 0 unspecified atom stereocenters. The summed E-state index contributed by atoms with van der Waals surface area (Å²) in [4.78, 5) is 24.4. The average Bonchev–Trinajstić information content (AvgIpc) is 2.36. The Labute approximate surface area is 125 Å². The van der Waals surface area contributed by atoms with Crippen molar-refractivity contribution in [2.24, 2.45) is 0 Å². The first-order chi connectivity index (χ1) is 9.70. The molecule has 0 heterocycles. The summed E-state index contributed by atoms with van der Waals surface area (Å²) in [6.45, 7) is 7.36. The van der Waals surface area contributed by atoms with Gasteiger partial charge < -0.3 is 14.7 Å².